The molecule has 0 unspecified atom stereocenters. The Labute approximate surface area is 84.4 Å². The summed E-state index contributed by atoms with van der Waals surface area (Å²) in [5, 5.41) is 0. The second-order valence-corrected chi connectivity index (χ2v) is 3.66. The molecular formula is C12H15NO. The molecule has 2 rings (SSSR count). The fraction of sp³-hybridized carbons (Fsp3) is 0.333. The molecule has 1 heterocycles. The third kappa shape index (κ3) is 1.80. The maximum atomic E-state index is 5.54. The van der Waals surface area contributed by atoms with Gasteiger partial charge in [0.1, 0.15) is 5.75 Å². The van der Waals surface area contributed by atoms with E-state index >= 15 is 0 Å². The normalized spacial score (nSPS) is 15.1. The van der Waals surface area contributed by atoms with Crippen LogP contribution in [0.15, 0.2) is 23.8 Å². The van der Waals surface area contributed by atoms with Crippen LogP contribution in [0.1, 0.15) is 18.1 Å². The molecule has 0 aromatic heterocycles. The quantitative estimate of drug-likeness (QED) is 0.772. The van der Waals surface area contributed by atoms with E-state index in [0.29, 0.717) is 6.54 Å². The predicted molar refractivity (Wildman–Crippen MR) is 58.3 cm³/mol. The van der Waals surface area contributed by atoms with Crippen molar-refractivity contribution >= 4 is 6.08 Å². The van der Waals surface area contributed by atoms with Gasteiger partial charge in [0.25, 0.3) is 0 Å². The predicted octanol–water partition coefficient (Wildman–Crippen LogP) is 1.98. The van der Waals surface area contributed by atoms with E-state index in [2.05, 4.69) is 18.2 Å². The summed E-state index contributed by atoms with van der Waals surface area (Å²) < 4.78 is 5.44. The van der Waals surface area contributed by atoms with Gasteiger partial charge in [0, 0.05) is 13.0 Å². The lowest BCUT2D eigenvalue weighted by molar-refractivity contribution is 0.357. The Kier molecular flexibility index (Phi) is 2.55. The first-order chi connectivity index (χ1) is 6.79. The van der Waals surface area contributed by atoms with Crippen molar-refractivity contribution in [2.45, 2.75) is 13.3 Å². The van der Waals surface area contributed by atoms with Gasteiger partial charge in [-0.15, -0.1) is 0 Å². The van der Waals surface area contributed by atoms with E-state index in [1.807, 2.05) is 13.0 Å². The van der Waals surface area contributed by atoms with Crippen LogP contribution in [0.4, 0.5) is 0 Å². The molecule has 0 fully saturated rings. The highest BCUT2D eigenvalue weighted by atomic mass is 16.5. The molecular weight excluding hydrogens is 174 g/mol. The van der Waals surface area contributed by atoms with Crippen LogP contribution < -0.4 is 10.5 Å². The number of rotatable bonds is 2. The molecule has 0 aliphatic carbocycles. The van der Waals surface area contributed by atoms with Crippen molar-refractivity contribution in [2.24, 2.45) is 5.73 Å². The van der Waals surface area contributed by atoms with Crippen LogP contribution in [0.3, 0.4) is 0 Å². The number of ether oxygens (including phenoxy) is 1. The van der Waals surface area contributed by atoms with Crippen LogP contribution in [0.25, 0.3) is 6.08 Å². The molecule has 1 aromatic rings. The summed E-state index contributed by atoms with van der Waals surface area (Å²) in [6.45, 7) is 3.48. The van der Waals surface area contributed by atoms with E-state index in [9.17, 15) is 0 Å². The smallest absolute Gasteiger partial charge is 0.122 e. The van der Waals surface area contributed by atoms with Gasteiger partial charge >= 0.3 is 0 Å². The first kappa shape index (κ1) is 9.28. The van der Waals surface area contributed by atoms with Gasteiger partial charge in [-0.25, -0.2) is 0 Å². The fourth-order valence-electron chi connectivity index (χ4n) is 1.64. The largest absolute Gasteiger partial charge is 0.493 e. The van der Waals surface area contributed by atoms with Crippen LogP contribution in [0.5, 0.6) is 5.75 Å². The summed E-state index contributed by atoms with van der Waals surface area (Å²) >= 11 is 0. The monoisotopic (exact) mass is 189 g/mol. The molecule has 0 radical (unpaired) electrons. The zero-order chi connectivity index (χ0) is 9.97. The molecule has 1 aliphatic rings. The average molecular weight is 189 g/mol. The second-order valence-electron chi connectivity index (χ2n) is 3.66. The Morgan fingerprint density at radius 3 is 3.21 bits per heavy atom. The van der Waals surface area contributed by atoms with Gasteiger partial charge in [-0.3, -0.25) is 0 Å². The summed E-state index contributed by atoms with van der Waals surface area (Å²) in [6.07, 6.45) is 3.15. The maximum Gasteiger partial charge on any atom is 0.122 e. The Balaban J connectivity index is 2.29. The Hall–Kier alpha value is -1.28. The van der Waals surface area contributed by atoms with Gasteiger partial charge in [-0.05, 0) is 30.2 Å². The zero-order valence-corrected chi connectivity index (χ0v) is 8.42. The fourth-order valence-corrected chi connectivity index (χ4v) is 1.64. The molecule has 0 saturated heterocycles. The van der Waals surface area contributed by atoms with E-state index in [1.54, 1.807) is 0 Å². The molecule has 14 heavy (non-hydrogen) atoms. The first-order valence-corrected chi connectivity index (χ1v) is 4.92. The van der Waals surface area contributed by atoms with E-state index in [0.717, 1.165) is 18.8 Å². The minimum absolute atomic E-state index is 0.619. The molecule has 0 saturated carbocycles. The summed E-state index contributed by atoms with van der Waals surface area (Å²) in [4.78, 5) is 0. The SMILES string of the molecule is CC(=Cc1ccc2c(c1)CCO2)CN. The molecule has 0 atom stereocenters. The van der Waals surface area contributed by atoms with Crippen LogP contribution in [-0.2, 0) is 6.42 Å². The van der Waals surface area contributed by atoms with Gasteiger partial charge in [-0.1, -0.05) is 17.7 Å². The first-order valence-electron chi connectivity index (χ1n) is 4.92. The van der Waals surface area contributed by atoms with Gasteiger partial charge in [-0.2, -0.15) is 0 Å². The topological polar surface area (TPSA) is 35.2 Å². The zero-order valence-electron chi connectivity index (χ0n) is 8.42. The van der Waals surface area contributed by atoms with Gasteiger partial charge in [0.15, 0.2) is 0 Å². The molecule has 2 N–H and O–H groups in total. The molecule has 74 valence electrons. The lowest BCUT2D eigenvalue weighted by Gasteiger charge is -2.01. The lowest BCUT2D eigenvalue weighted by atomic mass is 10.1. The molecule has 0 amide bonds. The molecule has 1 aliphatic heterocycles. The summed E-state index contributed by atoms with van der Waals surface area (Å²) in [6, 6.07) is 6.29. The summed E-state index contributed by atoms with van der Waals surface area (Å²) in [7, 11) is 0. The summed E-state index contributed by atoms with van der Waals surface area (Å²) in [5.74, 6) is 1.03. The van der Waals surface area contributed by atoms with E-state index in [4.69, 9.17) is 10.5 Å². The standard InChI is InChI=1S/C12H15NO/c1-9(8-13)6-10-2-3-12-11(7-10)4-5-14-12/h2-3,6-7H,4-5,8,13H2,1H3. The highest BCUT2D eigenvalue weighted by Gasteiger charge is 2.10. The molecule has 2 heteroatoms. The second kappa shape index (κ2) is 3.84. The number of nitrogens with two attached hydrogens (primary N) is 1. The number of fused-ring (bicyclic) bond motifs is 1. The van der Waals surface area contributed by atoms with Crippen molar-refractivity contribution in [1.82, 2.24) is 0 Å². The van der Waals surface area contributed by atoms with E-state index in [-0.39, 0.29) is 0 Å². The Bertz CT molecular complexity index is 369. The van der Waals surface area contributed by atoms with Crippen molar-refractivity contribution in [1.29, 1.82) is 0 Å². The van der Waals surface area contributed by atoms with Gasteiger partial charge < -0.3 is 10.5 Å². The minimum Gasteiger partial charge on any atom is -0.493 e. The number of hydrogen-bond donors (Lipinski definition) is 1. The molecule has 0 spiro atoms. The third-order valence-corrected chi connectivity index (χ3v) is 2.45. The Morgan fingerprint density at radius 2 is 2.43 bits per heavy atom. The van der Waals surface area contributed by atoms with E-state index < -0.39 is 0 Å². The maximum absolute atomic E-state index is 5.54. The van der Waals surface area contributed by atoms with Crippen molar-refractivity contribution < 1.29 is 4.74 Å². The lowest BCUT2D eigenvalue weighted by Crippen LogP contribution is -1.99. The van der Waals surface area contributed by atoms with Crippen LogP contribution in [0.2, 0.25) is 0 Å². The number of hydrogen-bond acceptors (Lipinski definition) is 2. The average Bonchev–Trinajstić information content (AvgIpc) is 2.64. The van der Waals surface area contributed by atoms with Crippen LogP contribution in [-0.4, -0.2) is 13.2 Å². The van der Waals surface area contributed by atoms with Gasteiger partial charge in [0.2, 0.25) is 0 Å². The van der Waals surface area contributed by atoms with Crippen molar-refractivity contribution in [3.8, 4) is 5.75 Å². The van der Waals surface area contributed by atoms with E-state index in [1.165, 1.54) is 16.7 Å². The van der Waals surface area contributed by atoms with Gasteiger partial charge in [0.05, 0.1) is 6.61 Å². The third-order valence-electron chi connectivity index (χ3n) is 2.45. The Morgan fingerprint density at radius 1 is 1.57 bits per heavy atom. The molecule has 2 nitrogen and oxygen atoms in total. The summed E-state index contributed by atoms with van der Waals surface area (Å²) in [5.41, 5.74) is 9.27. The van der Waals surface area contributed by atoms with Crippen molar-refractivity contribution in [3.63, 3.8) is 0 Å². The van der Waals surface area contributed by atoms with Crippen LogP contribution in [0, 0.1) is 0 Å². The van der Waals surface area contributed by atoms with Crippen molar-refractivity contribution in [2.75, 3.05) is 13.2 Å². The van der Waals surface area contributed by atoms with Crippen LogP contribution >= 0.6 is 0 Å². The highest BCUT2D eigenvalue weighted by molar-refractivity contribution is 5.56. The highest BCUT2D eigenvalue weighted by Crippen LogP contribution is 2.26. The van der Waals surface area contributed by atoms with Crippen molar-refractivity contribution in [3.05, 3.63) is 34.9 Å². The molecule has 1 aromatic carbocycles. The number of benzene rings is 1. The minimum atomic E-state index is 0.619. The molecule has 0 bridgehead atoms.